The average molecular weight is 276 g/mol. The molecule has 0 aromatic carbocycles. The van der Waals surface area contributed by atoms with Crippen molar-refractivity contribution in [1.82, 2.24) is 9.88 Å². The van der Waals surface area contributed by atoms with E-state index in [1.54, 1.807) is 12.4 Å². The third kappa shape index (κ3) is 3.79. The summed E-state index contributed by atoms with van der Waals surface area (Å²) in [7, 11) is 2.03. The lowest BCUT2D eigenvalue weighted by Crippen LogP contribution is -2.43. The fourth-order valence-electron chi connectivity index (χ4n) is 3.13. The highest BCUT2D eigenvalue weighted by Crippen LogP contribution is 2.37. The Morgan fingerprint density at radius 3 is 2.55 bits per heavy atom. The first-order valence-electron chi connectivity index (χ1n) is 7.43. The van der Waals surface area contributed by atoms with Crippen LogP contribution in [-0.2, 0) is 11.2 Å². The second kappa shape index (κ2) is 6.84. The molecule has 0 unspecified atom stereocenters. The van der Waals surface area contributed by atoms with Gasteiger partial charge in [0.1, 0.15) is 0 Å². The highest BCUT2D eigenvalue weighted by Gasteiger charge is 2.40. The molecule has 20 heavy (non-hydrogen) atoms. The van der Waals surface area contributed by atoms with Crippen molar-refractivity contribution in [2.75, 3.05) is 20.1 Å². The van der Waals surface area contributed by atoms with Gasteiger partial charge >= 0.3 is 5.97 Å². The Morgan fingerprint density at radius 1 is 1.30 bits per heavy atom. The summed E-state index contributed by atoms with van der Waals surface area (Å²) >= 11 is 0. The van der Waals surface area contributed by atoms with Crippen LogP contribution in [-0.4, -0.2) is 41.1 Å². The Morgan fingerprint density at radius 2 is 1.95 bits per heavy atom. The molecule has 1 aliphatic rings. The van der Waals surface area contributed by atoms with Gasteiger partial charge in [0.2, 0.25) is 0 Å². The monoisotopic (exact) mass is 276 g/mol. The zero-order chi connectivity index (χ0) is 14.4. The number of aromatic nitrogens is 1. The van der Waals surface area contributed by atoms with Crippen molar-refractivity contribution < 1.29 is 9.90 Å². The number of carboxylic acid groups (broad SMARTS) is 1. The summed E-state index contributed by atoms with van der Waals surface area (Å²) in [5.74, 6) is -0.618. The summed E-state index contributed by atoms with van der Waals surface area (Å²) in [6.45, 7) is 1.55. The molecule has 4 nitrogen and oxygen atoms in total. The minimum absolute atomic E-state index is 0.523. The molecule has 110 valence electrons. The first-order valence-corrected chi connectivity index (χ1v) is 7.43. The number of carbonyl (C=O) groups is 1. The van der Waals surface area contributed by atoms with E-state index < -0.39 is 11.4 Å². The molecule has 1 aliphatic carbocycles. The first kappa shape index (κ1) is 15.0. The lowest BCUT2D eigenvalue weighted by atomic mass is 9.73. The van der Waals surface area contributed by atoms with Gasteiger partial charge in [-0.1, -0.05) is 19.3 Å². The Bertz CT molecular complexity index is 427. The van der Waals surface area contributed by atoms with Crippen molar-refractivity contribution in [3.05, 3.63) is 30.1 Å². The summed E-state index contributed by atoms with van der Waals surface area (Å²) in [6, 6.07) is 4.03. The molecule has 4 heteroatoms. The number of likely N-dealkylation sites (N-methyl/N-ethyl adjacent to an activating group) is 1. The van der Waals surface area contributed by atoms with Crippen LogP contribution < -0.4 is 0 Å². The first-order chi connectivity index (χ1) is 9.62. The molecule has 0 spiro atoms. The highest BCUT2D eigenvalue weighted by atomic mass is 16.4. The summed E-state index contributed by atoms with van der Waals surface area (Å²) in [5, 5.41) is 9.59. The topological polar surface area (TPSA) is 53.4 Å². The van der Waals surface area contributed by atoms with Crippen LogP contribution in [0.15, 0.2) is 24.5 Å². The molecule has 0 bridgehead atoms. The second-order valence-electron chi connectivity index (χ2n) is 5.99. The standard InChI is InChI=1S/C16H24N2O2/c1-18(12-7-14-5-10-17-11-6-14)13-16(15(19)20)8-3-2-4-9-16/h5-6,10-11H,2-4,7-9,12-13H2,1H3,(H,19,20). The minimum Gasteiger partial charge on any atom is -0.481 e. The average Bonchev–Trinajstić information content (AvgIpc) is 2.47. The van der Waals surface area contributed by atoms with Crippen LogP contribution in [0.5, 0.6) is 0 Å². The highest BCUT2D eigenvalue weighted by molar-refractivity contribution is 5.75. The Balaban J connectivity index is 1.88. The van der Waals surface area contributed by atoms with E-state index in [1.807, 2.05) is 19.2 Å². The molecule has 1 N–H and O–H groups in total. The van der Waals surface area contributed by atoms with Gasteiger partial charge in [0.05, 0.1) is 5.41 Å². The fraction of sp³-hybridized carbons (Fsp3) is 0.625. The lowest BCUT2D eigenvalue weighted by molar-refractivity contribution is -0.152. The van der Waals surface area contributed by atoms with Crippen LogP contribution in [0, 0.1) is 5.41 Å². The quantitative estimate of drug-likeness (QED) is 0.867. The van der Waals surface area contributed by atoms with Gasteiger partial charge in [0, 0.05) is 25.5 Å². The van der Waals surface area contributed by atoms with E-state index in [2.05, 4.69) is 9.88 Å². The van der Waals surface area contributed by atoms with Crippen molar-refractivity contribution in [2.45, 2.75) is 38.5 Å². The maximum absolute atomic E-state index is 11.7. The van der Waals surface area contributed by atoms with Crippen LogP contribution >= 0.6 is 0 Å². The van der Waals surface area contributed by atoms with E-state index in [9.17, 15) is 9.90 Å². The molecular formula is C16H24N2O2. The summed E-state index contributed by atoms with van der Waals surface area (Å²) in [6.07, 6.45) is 9.45. The number of carboxylic acids is 1. The number of hydrogen-bond acceptors (Lipinski definition) is 3. The number of hydrogen-bond donors (Lipinski definition) is 1. The van der Waals surface area contributed by atoms with Crippen molar-refractivity contribution in [3.8, 4) is 0 Å². The van der Waals surface area contributed by atoms with Crippen LogP contribution in [0.4, 0.5) is 0 Å². The predicted molar refractivity (Wildman–Crippen MR) is 78.6 cm³/mol. The van der Waals surface area contributed by atoms with Gasteiger partial charge in [-0.2, -0.15) is 0 Å². The van der Waals surface area contributed by atoms with Crippen molar-refractivity contribution in [1.29, 1.82) is 0 Å². The van der Waals surface area contributed by atoms with E-state index in [-0.39, 0.29) is 0 Å². The molecule has 0 aliphatic heterocycles. The second-order valence-corrected chi connectivity index (χ2v) is 5.99. The van der Waals surface area contributed by atoms with E-state index >= 15 is 0 Å². The predicted octanol–water partition coefficient (Wildman–Crippen LogP) is 2.59. The molecule has 0 atom stereocenters. The number of rotatable bonds is 6. The SMILES string of the molecule is CN(CCc1ccncc1)CC1(C(=O)O)CCCCC1. The van der Waals surface area contributed by atoms with E-state index in [0.717, 1.165) is 38.6 Å². The third-order valence-corrected chi connectivity index (χ3v) is 4.37. The fourth-order valence-corrected chi connectivity index (χ4v) is 3.13. The normalized spacial score (nSPS) is 18.1. The van der Waals surface area contributed by atoms with Gasteiger partial charge < -0.3 is 10.0 Å². The van der Waals surface area contributed by atoms with Crippen LogP contribution in [0.1, 0.15) is 37.7 Å². The molecule has 2 rings (SSSR count). The Kier molecular flexibility index (Phi) is 5.12. The van der Waals surface area contributed by atoms with E-state index in [4.69, 9.17) is 0 Å². The van der Waals surface area contributed by atoms with Gasteiger partial charge in [-0.3, -0.25) is 9.78 Å². The molecule has 0 radical (unpaired) electrons. The third-order valence-electron chi connectivity index (χ3n) is 4.37. The summed E-state index contributed by atoms with van der Waals surface area (Å²) < 4.78 is 0. The van der Waals surface area contributed by atoms with Gasteiger partial charge in [-0.25, -0.2) is 0 Å². The van der Waals surface area contributed by atoms with Gasteiger partial charge in [0.25, 0.3) is 0 Å². The molecule has 1 fully saturated rings. The number of pyridine rings is 1. The van der Waals surface area contributed by atoms with Crippen molar-refractivity contribution in [2.24, 2.45) is 5.41 Å². The molecule has 1 saturated carbocycles. The van der Waals surface area contributed by atoms with Gasteiger partial charge in [-0.05, 0) is 44.0 Å². The molecule has 0 amide bonds. The largest absolute Gasteiger partial charge is 0.481 e. The molecule has 1 aromatic rings. The van der Waals surface area contributed by atoms with E-state index in [0.29, 0.717) is 6.54 Å². The molecular weight excluding hydrogens is 252 g/mol. The maximum atomic E-state index is 11.7. The Hall–Kier alpha value is -1.42. The number of aliphatic carboxylic acids is 1. The summed E-state index contributed by atoms with van der Waals surface area (Å²) in [5.41, 5.74) is 0.727. The molecule has 1 heterocycles. The molecule has 1 aromatic heterocycles. The van der Waals surface area contributed by atoms with Gasteiger partial charge in [0.15, 0.2) is 0 Å². The van der Waals surface area contributed by atoms with Gasteiger partial charge in [-0.15, -0.1) is 0 Å². The van der Waals surface area contributed by atoms with Crippen molar-refractivity contribution in [3.63, 3.8) is 0 Å². The number of nitrogens with zero attached hydrogens (tertiary/aromatic N) is 2. The van der Waals surface area contributed by atoms with Crippen molar-refractivity contribution >= 4 is 5.97 Å². The van der Waals surface area contributed by atoms with Crippen LogP contribution in [0.3, 0.4) is 0 Å². The van der Waals surface area contributed by atoms with Crippen LogP contribution in [0.25, 0.3) is 0 Å². The minimum atomic E-state index is -0.618. The lowest BCUT2D eigenvalue weighted by Gasteiger charge is -2.36. The molecule has 0 saturated heterocycles. The Labute approximate surface area is 120 Å². The van der Waals surface area contributed by atoms with E-state index in [1.165, 1.54) is 12.0 Å². The zero-order valence-corrected chi connectivity index (χ0v) is 12.2. The van der Waals surface area contributed by atoms with Crippen LogP contribution in [0.2, 0.25) is 0 Å². The maximum Gasteiger partial charge on any atom is 0.310 e. The zero-order valence-electron chi connectivity index (χ0n) is 12.2. The smallest absolute Gasteiger partial charge is 0.310 e. The summed E-state index contributed by atoms with van der Waals surface area (Å²) in [4.78, 5) is 17.8.